The fourth-order valence-corrected chi connectivity index (χ4v) is 5.04. The van der Waals surface area contributed by atoms with E-state index < -0.39 is 0 Å². The van der Waals surface area contributed by atoms with Crippen LogP contribution in [0, 0.1) is 13.8 Å². The molecule has 4 aromatic rings. The summed E-state index contributed by atoms with van der Waals surface area (Å²) in [6, 6.07) is 13.2. The summed E-state index contributed by atoms with van der Waals surface area (Å²) in [6.07, 6.45) is 0. The Morgan fingerprint density at radius 1 is 0.870 bits per heavy atom. The minimum absolute atomic E-state index is 0.102. The molecule has 0 fully saturated rings. The summed E-state index contributed by atoms with van der Waals surface area (Å²) in [4.78, 5) is 5.94. The number of fused-ring (bicyclic) bond motifs is 5. The Morgan fingerprint density at radius 3 is 2.26 bits per heavy atom. The number of hydrogen-bond acceptors (Lipinski definition) is 2. The summed E-state index contributed by atoms with van der Waals surface area (Å²) in [5.41, 5.74) is 4.05. The van der Waals surface area contributed by atoms with E-state index in [1.54, 1.807) is 0 Å². The first-order valence-corrected chi connectivity index (χ1v) is 8.91. The molecule has 0 aliphatic carbocycles. The van der Waals surface area contributed by atoms with Gasteiger partial charge in [0, 0.05) is 21.2 Å². The van der Waals surface area contributed by atoms with E-state index >= 15 is 0 Å². The van der Waals surface area contributed by atoms with Crippen LogP contribution in [0.5, 0.6) is 0 Å². The van der Waals surface area contributed by atoms with Crippen LogP contribution < -0.4 is 0 Å². The third kappa shape index (κ3) is 2.08. The van der Waals surface area contributed by atoms with Crippen LogP contribution in [0.2, 0.25) is 0 Å². The fraction of sp³-hybridized carbons (Fsp3) is 0.286. The number of thiophene rings is 1. The monoisotopic (exact) mass is 319 g/mol. The van der Waals surface area contributed by atoms with Crippen LogP contribution in [-0.4, -0.2) is 4.98 Å². The van der Waals surface area contributed by atoms with Crippen molar-refractivity contribution in [3.63, 3.8) is 0 Å². The lowest BCUT2D eigenvalue weighted by molar-refractivity contribution is 0.593. The van der Waals surface area contributed by atoms with Crippen molar-refractivity contribution in [3.8, 4) is 0 Å². The molecule has 0 spiro atoms. The highest BCUT2D eigenvalue weighted by Gasteiger charge is 2.24. The molecule has 1 nitrogen and oxygen atoms in total. The van der Waals surface area contributed by atoms with Crippen molar-refractivity contribution in [2.24, 2.45) is 0 Å². The number of aromatic nitrogens is 1. The molecule has 0 unspecified atom stereocenters. The lowest BCUT2D eigenvalue weighted by Gasteiger charge is -2.25. The lowest BCUT2D eigenvalue weighted by atomic mass is 9.79. The number of benzene rings is 2. The molecule has 0 N–H and O–H groups in total. The first kappa shape index (κ1) is 14.6. The summed E-state index contributed by atoms with van der Waals surface area (Å²) >= 11 is 1.83. The van der Waals surface area contributed by atoms with Crippen molar-refractivity contribution in [1.29, 1.82) is 0 Å². The zero-order chi connectivity index (χ0) is 16.4. The second kappa shape index (κ2) is 4.78. The highest BCUT2D eigenvalue weighted by Crippen LogP contribution is 2.45. The van der Waals surface area contributed by atoms with Gasteiger partial charge in [0.25, 0.3) is 0 Å². The van der Waals surface area contributed by atoms with Gasteiger partial charge in [-0.1, -0.05) is 45.0 Å². The van der Waals surface area contributed by atoms with Crippen molar-refractivity contribution >= 4 is 42.4 Å². The van der Waals surface area contributed by atoms with Crippen molar-refractivity contribution in [2.45, 2.75) is 40.0 Å². The maximum Gasteiger partial charge on any atom is 0.124 e. The van der Waals surface area contributed by atoms with Gasteiger partial charge >= 0.3 is 0 Å². The molecule has 0 atom stereocenters. The van der Waals surface area contributed by atoms with Crippen molar-refractivity contribution < 1.29 is 0 Å². The van der Waals surface area contributed by atoms with E-state index in [0.717, 1.165) is 10.5 Å². The summed E-state index contributed by atoms with van der Waals surface area (Å²) in [7, 11) is 0. The van der Waals surface area contributed by atoms with Crippen LogP contribution in [0.15, 0.2) is 36.4 Å². The summed E-state index contributed by atoms with van der Waals surface area (Å²) < 4.78 is 1.38. The Bertz CT molecular complexity index is 1060. The van der Waals surface area contributed by atoms with E-state index in [4.69, 9.17) is 4.98 Å². The third-order valence-corrected chi connectivity index (χ3v) is 5.78. The zero-order valence-corrected chi connectivity index (χ0v) is 15.1. The molecule has 0 saturated heterocycles. The third-order valence-electron chi connectivity index (χ3n) is 4.65. The molecule has 0 radical (unpaired) electrons. The van der Waals surface area contributed by atoms with Gasteiger partial charge in [0.2, 0.25) is 0 Å². The van der Waals surface area contributed by atoms with Gasteiger partial charge in [-0.2, -0.15) is 0 Å². The number of rotatable bonds is 0. The number of nitrogens with zero attached hydrogens (tertiary/aromatic N) is 1. The van der Waals surface area contributed by atoms with Crippen LogP contribution in [-0.2, 0) is 5.41 Å². The second-order valence-corrected chi connectivity index (χ2v) is 8.41. The molecule has 2 aromatic heterocycles. The Hall–Kier alpha value is -1.93. The molecule has 0 aliphatic rings. The van der Waals surface area contributed by atoms with Crippen LogP contribution >= 0.6 is 11.3 Å². The van der Waals surface area contributed by atoms with Crippen LogP contribution in [0.1, 0.15) is 37.6 Å². The van der Waals surface area contributed by atoms with Crippen molar-refractivity contribution in [3.05, 3.63) is 53.2 Å². The minimum Gasteiger partial charge on any atom is -0.242 e. The molecule has 2 aromatic carbocycles. The Morgan fingerprint density at radius 2 is 1.57 bits per heavy atom. The van der Waals surface area contributed by atoms with Crippen molar-refractivity contribution in [2.75, 3.05) is 0 Å². The van der Waals surface area contributed by atoms with Gasteiger partial charge in [0.15, 0.2) is 0 Å². The molecule has 2 heterocycles. The molecular formula is C21H21NS. The van der Waals surface area contributed by atoms with Gasteiger partial charge in [-0.25, -0.2) is 4.98 Å². The van der Waals surface area contributed by atoms with Crippen LogP contribution in [0.3, 0.4) is 0 Å². The minimum atomic E-state index is 0.102. The van der Waals surface area contributed by atoms with Gasteiger partial charge in [0.05, 0.1) is 0 Å². The predicted molar refractivity (Wildman–Crippen MR) is 103 cm³/mol. The topological polar surface area (TPSA) is 12.9 Å². The van der Waals surface area contributed by atoms with Crippen LogP contribution in [0.25, 0.3) is 31.1 Å². The van der Waals surface area contributed by atoms with Crippen LogP contribution in [0.4, 0.5) is 0 Å². The molecule has 23 heavy (non-hydrogen) atoms. The molecule has 4 rings (SSSR count). The normalized spacial score (nSPS) is 12.6. The van der Waals surface area contributed by atoms with Gasteiger partial charge < -0.3 is 0 Å². The van der Waals surface area contributed by atoms with Gasteiger partial charge in [-0.15, -0.1) is 11.3 Å². The lowest BCUT2D eigenvalue weighted by Crippen LogP contribution is -2.14. The number of aryl methyl sites for hydroxylation is 2. The fourth-order valence-electron chi connectivity index (χ4n) is 3.78. The Labute approximate surface area is 141 Å². The van der Waals surface area contributed by atoms with E-state index in [0.29, 0.717) is 0 Å². The molecule has 0 bridgehead atoms. The molecule has 116 valence electrons. The molecule has 2 heteroatoms. The van der Waals surface area contributed by atoms with Gasteiger partial charge in [-0.3, -0.25) is 0 Å². The number of pyridine rings is 1. The molecule has 0 amide bonds. The molecular weight excluding hydrogens is 298 g/mol. The average molecular weight is 319 g/mol. The summed E-state index contributed by atoms with van der Waals surface area (Å²) in [6.45, 7) is 11.3. The van der Waals surface area contributed by atoms with E-state index in [9.17, 15) is 0 Å². The quantitative estimate of drug-likeness (QED) is 0.359. The Balaban J connectivity index is 2.37. The predicted octanol–water partition coefficient (Wildman–Crippen LogP) is 6.52. The highest BCUT2D eigenvalue weighted by atomic mass is 32.1. The zero-order valence-electron chi connectivity index (χ0n) is 14.3. The molecule has 0 aliphatic heterocycles. The maximum absolute atomic E-state index is 4.79. The van der Waals surface area contributed by atoms with E-state index in [2.05, 4.69) is 71.0 Å². The van der Waals surface area contributed by atoms with E-state index in [-0.39, 0.29) is 5.41 Å². The Kier molecular flexibility index (Phi) is 3.05. The maximum atomic E-state index is 4.79. The summed E-state index contributed by atoms with van der Waals surface area (Å²) in [5, 5.41) is 5.43. The second-order valence-electron chi connectivity index (χ2n) is 7.41. The largest absolute Gasteiger partial charge is 0.242 e. The van der Waals surface area contributed by atoms with Gasteiger partial charge in [-0.05, 0) is 53.3 Å². The standard InChI is InChI=1S/C21H21NS/c1-12-10-11-16-17-18(21(3,4)5)13(2)14-8-6-7-9-15(14)19(17)23-20(16)22-12/h6-11H,1-5H3. The smallest absolute Gasteiger partial charge is 0.124 e. The van der Waals surface area contributed by atoms with E-state index in [1.165, 1.54) is 37.4 Å². The first-order chi connectivity index (χ1) is 10.9. The first-order valence-electron chi connectivity index (χ1n) is 8.09. The average Bonchev–Trinajstić information content (AvgIpc) is 2.84. The van der Waals surface area contributed by atoms with Crippen molar-refractivity contribution in [1.82, 2.24) is 4.98 Å². The highest BCUT2D eigenvalue weighted by molar-refractivity contribution is 7.26. The van der Waals surface area contributed by atoms with E-state index in [1.807, 2.05) is 11.3 Å². The number of hydrogen-bond donors (Lipinski definition) is 0. The van der Waals surface area contributed by atoms with Gasteiger partial charge in [0.1, 0.15) is 4.83 Å². The summed E-state index contributed by atoms with van der Waals surface area (Å²) in [5.74, 6) is 0. The molecule has 0 saturated carbocycles. The SMILES string of the molecule is Cc1ccc2c(n1)sc1c3ccccc3c(C)c(C(C)(C)C)c21.